The Morgan fingerprint density at radius 2 is 1.47 bits per heavy atom. The van der Waals surface area contributed by atoms with Crippen LogP contribution in [0.25, 0.3) is 0 Å². The van der Waals surface area contributed by atoms with Crippen LogP contribution in [0.5, 0.6) is 0 Å². The van der Waals surface area contributed by atoms with Crippen molar-refractivity contribution in [3.8, 4) is 0 Å². The first-order valence-corrected chi connectivity index (χ1v) is 12.5. The van der Waals surface area contributed by atoms with Crippen LogP contribution in [0.3, 0.4) is 0 Å². The number of rotatable bonds is 11. The summed E-state index contributed by atoms with van der Waals surface area (Å²) in [5, 5.41) is 9.95. The third-order valence-corrected chi connectivity index (χ3v) is 6.54. The van der Waals surface area contributed by atoms with E-state index in [1.807, 2.05) is 36.9 Å². The van der Waals surface area contributed by atoms with Gasteiger partial charge in [-0.05, 0) is 57.7 Å². The zero-order valence-corrected chi connectivity index (χ0v) is 21.0. The van der Waals surface area contributed by atoms with Gasteiger partial charge in [0.25, 0.3) is 0 Å². The maximum atomic E-state index is 13.7. The van der Waals surface area contributed by atoms with E-state index in [0.29, 0.717) is 0 Å². The van der Waals surface area contributed by atoms with Crippen molar-refractivity contribution >= 4 is 17.5 Å². The van der Waals surface area contributed by atoms with Crippen molar-refractivity contribution in [2.75, 3.05) is 18.4 Å². The number of amides is 2. The Bertz CT molecular complexity index is 741. The minimum Gasteiger partial charge on any atom is -0.341 e. The van der Waals surface area contributed by atoms with E-state index in [2.05, 4.69) is 43.6 Å². The fraction of sp³-hybridized carbons (Fsp3) is 0.692. The van der Waals surface area contributed by atoms with Crippen molar-refractivity contribution in [1.82, 2.24) is 15.5 Å². The molecular weight excluding hydrogens is 400 g/mol. The van der Waals surface area contributed by atoms with Gasteiger partial charge >= 0.3 is 0 Å². The monoisotopic (exact) mass is 444 g/mol. The van der Waals surface area contributed by atoms with Gasteiger partial charge in [-0.1, -0.05) is 51.7 Å². The Morgan fingerprint density at radius 3 is 2.03 bits per heavy atom. The SMILES string of the molecule is CCCCCN(CCCCC)C(=O)C1NC(C)C(C)NC1C(=O)Nc1cc(C)ccc1C. The summed E-state index contributed by atoms with van der Waals surface area (Å²) in [4.78, 5) is 29.0. The van der Waals surface area contributed by atoms with Gasteiger partial charge in [0.2, 0.25) is 11.8 Å². The molecule has 0 bridgehead atoms. The molecule has 1 aliphatic heterocycles. The van der Waals surface area contributed by atoms with Crippen LogP contribution in [0.1, 0.15) is 77.3 Å². The summed E-state index contributed by atoms with van der Waals surface area (Å²) in [7, 11) is 0. The highest BCUT2D eigenvalue weighted by atomic mass is 16.2. The number of aryl methyl sites for hydroxylation is 2. The number of piperazine rings is 1. The van der Waals surface area contributed by atoms with Gasteiger partial charge in [-0.25, -0.2) is 0 Å². The molecule has 0 saturated carbocycles. The first kappa shape index (κ1) is 26.3. The number of nitrogens with zero attached hydrogens (tertiary/aromatic N) is 1. The van der Waals surface area contributed by atoms with Crippen LogP contribution < -0.4 is 16.0 Å². The van der Waals surface area contributed by atoms with Gasteiger partial charge in [0.15, 0.2) is 0 Å². The fourth-order valence-corrected chi connectivity index (χ4v) is 4.20. The van der Waals surface area contributed by atoms with Crippen molar-refractivity contribution in [2.45, 2.75) is 104 Å². The van der Waals surface area contributed by atoms with Crippen LogP contribution in [-0.2, 0) is 9.59 Å². The first-order valence-electron chi connectivity index (χ1n) is 12.5. The van der Waals surface area contributed by atoms with E-state index < -0.39 is 12.1 Å². The van der Waals surface area contributed by atoms with Crippen LogP contribution >= 0.6 is 0 Å². The lowest BCUT2D eigenvalue weighted by molar-refractivity contribution is -0.138. The van der Waals surface area contributed by atoms with E-state index in [1.165, 1.54) is 0 Å². The molecule has 1 fully saturated rings. The number of carbonyl (C=O) groups is 2. The molecule has 0 aromatic heterocycles. The molecule has 4 unspecified atom stereocenters. The minimum atomic E-state index is -0.617. The summed E-state index contributed by atoms with van der Waals surface area (Å²) in [5.74, 6) is -0.130. The number of anilines is 1. The molecule has 0 aliphatic carbocycles. The van der Waals surface area contributed by atoms with Crippen molar-refractivity contribution < 1.29 is 9.59 Å². The quantitative estimate of drug-likeness (QED) is 0.448. The topological polar surface area (TPSA) is 73.5 Å². The predicted octanol–water partition coefficient (Wildman–Crippen LogP) is 4.16. The average molecular weight is 445 g/mol. The molecule has 2 amide bonds. The van der Waals surface area contributed by atoms with Gasteiger partial charge < -0.3 is 20.9 Å². The number of unbranched alkanes of at least 4 members (excludes halogenated alkanes) is 4. The Hall–Kier alpha value is -1.92. The maximum absolute atomic E-state index is 13.7. The Morgan fingerprint density at radius 1 is 0.906 bits per heavy atom. The molecule has 32 heavy (non-hydrogen) atoms. The average Bonchev–Trinajstić information content (AvgIpc) is 2.76. The van der Waals surface area contributed by atoms with E-state index in [-0.39, 0.29) is 23.9 Å². The zero-order valence-electron chi connectivity index (χ0n) is 21.0. The maximum Gasteiger partial charge on any atom is 0.243 e. The minimum absolute atomic E-state index is 0.0320. The highest BCUT2D eigenvalue weighted by molar-refractivity contribution is 6.00. The zero-order chi connectivity index (χ0) is 23.7. The van der Waals surface area contributed by atoms with Crippen LogP contribution in [0.4, 0.5) is 5.69 Å². The Labute approximate surface area is 194 Å². The van der Waals surface area contributed by atoms with E-state index in [1.54, 1.807) is 0 Å². The largest absolute Gasteiger partial charge is 0.341 e. The van der Waals surface area contributed by atoms with Crippen molar-refractivity contribution in [3.63, 3.8) is 0 Å². The summed E-state index contributed by atoms with van der Waals surface area (Å²) in [6.07, 6.45) is 6.46. The second-order valence-corrected chi connectivity index (χ2v) is 9.41. The molecule has 0 radical (unpaired) electrons. The van der Waals surface area contributed by atoms with Crippen LogP contribution in [-0.4, -0.2) is 54.0 Å². The number of hydrogen-bond donors (Lipinski definition) is 3. The van der Waals surface area contributed by atoms with Gasteiger partial charge in [0, 0.05) is 30.9 Å². The van der Waals surface area contributed by atoms with E-state index in [9.17, 15) is 9.59 Å². The predicted molar refractivity (Wildman–Crippen MR) is 133 cm³/mol. The third kappa shape index (κ3) is 7.31. The van der Waals surface area contributed by atoms with Gasteiger partial charge in [-0.3, -0.25) is 9.59 Å². The smallest absolute Gasteiger partial charge is 0.243 e. The van der Waals surface area contributed by atoms with Crippen LogP contribution in [0, 0.1) is 13.8 Å². The number of nitrogens with one attached hydrogen (secondary N) is 3. The van der Waals surface area contributed by atoms with Crippen LogP contribution in [0.15, 0.2) is 18.2 Å². The molecule has 2 rings (SSSR count). The number of hydrogen-bond acceptors (Lipinski definition) is 4. The molecule has 6 nitrogen and oxygen atoms in total. The molecular formula is C26H44N4O2. The van der Waals surface area contributed by atoms with Crippen molar-refractivity contribution in [3.05, 3.63) is 29.3 Å². The van der Waals surface area contributed by atoms with Gasteiger partial charge in [0.05, 0.1) is 0 Å². The Kier molecular flexibility index (Phi) is 10.7. The molecule has 1 heterocycles. The van der Waals surface area contributed by atoms with E-state index in [4.69, 9.17) is 0 Å². The van der Waals surface area contributed by atoms with Crippen LogP contribution in [0.2, 0.25) is 0 Å². The molecule has 1 saturated heterocycles. The molecule has 0 spiro atoms. The lowest BCUT2D eigenvalue weighted by atomic mass is 9.96. The lowest BCUT2D eigenvalue weighted by Gasteiger charge is -2.41. The molecule has 6 heteroatoms. The summed E-state index contributed by atoms with van der Waals surface area (Å²) >= 11 is 0. The summed E-state index contributed by atoms with van der Waals surface area (Å²) in [6, 6.07) is 5.01. The van der Waals surface area contributed by atoms with Gasteiger partial charge in [-0.2, -0.15) is 0 Å². The van der Waals surface area contributed by atoms with Crippen molar-refractivity contribution in [2.24, 2.45) is 0 Å². The van der Waals surface area contributed by atoms with E-state index >= 15 is 0 Å². The van der Waals surface area contributed by atoms with Gasteiger partial charge in [0.1, 0.15) is 12.1 Å². The highest BCUT2D eigenvalue weighted by Gasteiger charge is 2.42. The fourth-order valence-electron chi connectivity index (χ4n) is 4.20. The molecule has 1 aliphatic rings. The lowest BCUT2D eigenvalue weighted by Crippen LogP contribution is -2.71. The second-order valence-electron chi connectivity index (χ2n) is 9.41. The third-order valence-electron chi connectivity index (χ3n) is 6.54. The first-order chi connectivity index (χ1) is 15.3. The summed E-state index contributed by atoms with van der Waals surface area (Å²) in [5.41, 5.74) is 2.91. The standard InChI is InChI=1S/C26H44N4O2/c1-7-9-11-15-30(16-12-10-8-2)26(32)24-23(27-20(5)21(6)28-24)25(31)29-22-17-18(3)13-14-19(22)4/h13-14,17,20-21,23-24,27-28H,7-12,15-16H2,1-6H3,(H,29,31). The number of benzene rings is 1. The molecule has 4 atom stereocenters. The van der Waals surface area contributed by atoms with Gasteiger partial charge in [-0.15, -0.1) is 0 Å². The van der Waals surface area contributed by atoms with E-state index in [0.717, 1.165) is 68.4 Å². The second kappa shape index (κ2) is 12.9. The number of carbonyl (C=O) groups excluding carboxylic acids is 2. The molecule has 1 aromatic carbocycles. The Balaban J connectivity index is 2.21. The normalized spacial score (nSPS) is 23.1. The molecule has 1 aromatic rings. The highest BCUT2D eigenvalue weighted by Crippen LogP contribution is 2.19. The molecule has 180 valence electrons. The summed E-state index contributed by atoms with van der Waals surface area (Å²) in [6.45, 7) is 14.0. The van der Waals surface area contributed by atoms with Crippen molar-refractivity contribution in [1.29, 1.82) is 0 Å². The summed E-state index contributed by atoms with van der Waals surface area (Å²) < 4.78 is 0. The molecule has 3 N–H and O–H groups in total.